The number of hydrogen-bond acceptors (Lipinski definition) is 8. The molecular weight excluding hydrogens is 719 g/mol. The van der Waals surface area contributed by atoms with Crippen LogP contribution < -0.4 is 27.0 Å². The van der Waals surface area contributed by atoms with Crippen LogP contribution in [0.3, 0.4) is 0 Å². The maximum atomic E-state index is 12.8. The molecule has 1 aromatic carbocycles. The van der Waals surface area contributed by atoms with Gasteiger partial charge in [-0.25, -0.2) is 13.7 Å². The lowest BCUT2D eigenvalue weighted by Gasteiger charge is -2.29. The lowest BCUT2D eigenvalue weighted by molar-refractivity contribution is -0.117. The molecule has 0 radical (unpaired) electrons. The van der Waals surface area contributed by atoms with Crippen LogP contribution in [0.25, 0.3) is 16.7 Å². The Morgan fingerprint density at radius 3 is 1.70 bits per heavy atom. The first-order chi connectivity index (χ1) is 26.9. The molecule has 1 aliphatic rings. The first kappa shape index (κ1) is 42.0. The number of nitrogens with two attached hydrogens (primary N) is 2. The van der Waals surface area contributed by atoms with Gasteiger partial charge in [-0.05, 0) is 48.4 Å². The van der Waals surface area contributed by atoms with Crippen molar-refractivity contribution >= 4 is 45.8 Å². The van der Waals surface area contributed by atoms with E-state index in [1.807, 2.05) is 68.8 Å². The molecule has 302 valence electrons. The minimum Gasteiger partial charge on any atom is -0.380 e. The lowest BCUT2D eigenvalue weighted by atomic mass is 9.88. The summed E-state index contributed by atoms with van der Waals surface area (Å²) in [5.41, 5.74) is 17.5. The quantitative estimate of drug-likeness (QED) is 0.118. The van der Waals surface area contributed by atoms with Crippen LogP contribution in [-0.4, -0.2) is 65.4 Å². The summed E-state index contributed by atoms with van der Waals surface area (Å²) in [7, 11) is 0. The molecule has 6 aromatic rings. The van der Waals surface area contributed by atoms with Gasteiger partial charge in [0, 0.05) is 43.4 Å². The molecule has 14 heteroatoms. The highest BCUT2D eigenvalue weighted by Crippen LogP contribution is 2.36. The Morgan fingerprint density at radius 1 is 0.754 bits per heavy atom. The predicted molar refractivity (Wildman–Crippen MR) is 227 cm³/mol. The standard InChI is InChI=1S/C24H29N5O2.C17H22N6O.C2H6/c1-15(24(2,3)4)27-22-19(23(25)31)12-26-29-14-18(11-20(22)29)28-13-17(10-21(28)30)16-8-6-5-7-9-16;1-11(17(2,3)4)21-15-13(16(18)24)9-20-23-10-12(8-14(15)23)22-7-5-6-19-22;1-2/h5-9,11-12,14-15,17,27H,10,13H2,1-4H3,(H2,25,31);5-11,21H,1-4H3,(H2,18,24);1-2H3/t15-,17?;11-;/m11./s1. The van der Waals surface area contributed by atoms with E-state index in [-0.39, 0.29) is 34.7 Å². The number of rotatable bonds is 9. The lowest BCUT2D eigenvalue weighted by Crippen LogP contribution is -2.32. The molecule has 57 heavy (non-hydrogen) atoms. The topological polar surface area (TPSA) is 183 Å². The Bertz CT molecular complexity index is 2330. The number of hydrogen-bond donors (Lipinski definition) is 4. The first-order valence-electron chi connectivity index (χ1n) is 19.4. The highest BCUT2D eigenvalue weighted by Gasteiger charge is 2.33. The van der Waals surface area contributed by atoms with Crippen LogP contribution in [-0.2, 0) is 4.79 Å². The van der Waals surface area contributed by atoms with Crippen LogP contribution in [0.2, 0.25) is 0 Å². The first-order valence-corrected chi connectivity index (χ1v) is 19.4. The fourth-order valence-electron chi connectivity index (χ4n) is 6.23. The summed E-state index contributed by atoms with van der Waals surface area (Å²) in [6.45, 7) is 21.6. The van der Waals surface area contributed by atoms with E-state index in [0.717, 1.165) is 28.0 Å². The highest BCUT2D eigenvalue weighted by molar-refractivity contribution is 6.04. The molecule has 6 heterocycles. The number of amides is 3. The molecule has 0 bridgehead atoms. The Kier molecular flexibility index (Phi) is 12.4. The molecule has 0 saturated carbocycles. The summed E-state index contributed by atoms with van der Waals surface area (Å²) in [6, 6.07) is 16.0. The largest absolute Gasteiger partial charge is 0.380 e. The SMILES string of the molecule is CC.C[C@@H](Nc1c(C(N)=O)cnn2cc(-n3cccn3)cc12)C(C)(C)C.C[C@@H](Nc1c(C(N)=O)cnn2cc(N3CC(c4ccccc4)CC3=O)cc12)C(C)(C)C. The number of nitrogens with zero attached hydrogens (tertiary/aromatic N) is 7. The van der Waals surface area contributed by atoms with E-state index in [4.69, 9.17) is 11.5 Å². The van der Waals surface area contributed by atoms with Crippen molar-refractivity contribution in [2.45, 2.75) is 93.7 Å². The highest BCUT2D eigenvalue weighted by atomic mass is 16.2. The van der Waals surface area contributed by atoms with E-state index < -0.39 is 11.8 Å². The molecule has 0 spiro atoms. The number of fused-ring (bicyclic) bond motifs is 2. The molecule has 3 atom stereocenters. The number of carbonyl (C=O) groups excluding carboxylic acids is 3. The van der Waals surface area contributed by atoms with Crippen LogP contribution in [0, 0.1) is 10.8 Å². The van der Waals surface area contributed by atoms with E-state index in [0.29, 0.717) is 35.5 Å². The average molecular weight is 776 g/mol. The van der Waals surface area contributed by atoms with Gasteiger partial charge in [-0.1, -0.05) is 85.7 Å². The van der Waals surface area contributed by atoms with E-state index in [2.05, 4.69) is 93.5 Å². The van der Waals surface area contributed by atoms with Crippen LogP contribution in [0.15, 0.2) is 85.7 Å². The van der Waals surface area contributed by atoms with Gasteiger partial charge in [-0.15, -0.1) is 0 Å². The number of anilines is 3. The summed E-state index contributed by atoms with van der Waals surface area (Å²) in [5, 5.41) is 19.8. The van der Waals surface area contributed by atoms with Gasteiger partial charge in [-0.2, -0.15) is 15.3 Å². The zero-order valence-corrected chi connectivity index (χ0v) is 34.7. The van der Waals surface area contributed by atoms with Gasteiger partial charge < -0.3 is 27.0 Å². The number of carbonyl (C=O) groups is 3. The second kappa shape index (κ2) is 16.9. The summed E-state index contributed by atoms with van der Waals surface area (Å²) >= 11 is 0. The molecule has 1 saturated heterocycles. The summed E-state index contributed by atoms with van der Waals surface area (Å²) in [6.07, 6.45) is 10.7. The second-order valence-corrected chi connectivity index (χ2v) is 16.4. The molecule has 1 aliphatic heterocycles. The molecule has 3 amide bonds. The number of nitrogens with one attached hydrogen (secondary N) is 2. The smallest absolute Gasteiger partial charge is 0.252 e. The van der Waals surface area contributed by atoms with Crippen LogP contribution in [0.4, 0.5) is 17.1 Å². The fraction of sp³-hybridized carbons (Fsp3) is 0.395. The average Bonchev–Trinajstić information content (AvgIpc) is 3.98. The molecule has 0 aliphatic carbocycles. The van der Waals surface area contributed by atoms with Gasteiger partial charge in [0.05, 0.1) is 69.7 Å². The maximum Gasteiger partial charge on any atom is 0.252 e. The van der Waals surface area contributed by atoms with Crippen molar-refractivity contribution in [3.63, 3.8) is 0 Å². The van der Waals surface area contributed by atoms with Gasteiger partial charge in [-0.3, -0.25) is 14.4 Å². The zero-order valence-electron chi connectivity index (χ0n) is 34.7. The Labute approximate surface area is 334 Å². The molecule has 1 fully saturated rings. The van der Waals surface area contributed by atoms with Gasteiger partial charge in [0.2, 0.25) is 5.91 Å². The van der Waals surface area contributed by atoms with Crippen LogP contribution >= 0.6 is 0 Å². The van der Waals surface area contributed by atoms with Crippen molar-refractivity contribution in [2.24, 2.45) is 22.3 Å². The van der Waals surface area contributed by atoms with Crippen molar-refractivity contribution in [3.8, 4) is 5.69 Å². The van der Waals surface area contributed by atoms with Crippen molar-refractivity contribution in [1.29, 1.82) is 0 Å². The summed E-state index contributed by atoms with van der Waals surface area (Å²) in [5.74, 6) is -0.806. The van der Waals surface area contributed by atoms with Gasteiger partial charge in [0.1, 0.15) is 0 Å². The normalized spacial score (nSPS) is 15.4. The molecule has 7 rings (SSSR count). The molecule has 5 aromatic heterocycles. The van der Waals surface area contributed by atoms with Crippen molar-refractivity contribution < 1.29 is 14.4 Å². The van der Waals surface area contributed by atoms with E-state index >= 15 is 0 Å². The zero-order chi connectivity index (χ0) is 41.8. The van der Waals surface area contributed by atoms with E-state index in [1.165, 1.54) is 12.4 Å². The molecule has 1 unspecified atom stereocenters. The minimum absolute atomic E-state index is 0.0204. The van der Waals surface area contributed by atoms with E-state index in [9.17, 15) is 14.4 Å². The maximum absolute atomic E-state index is 12.8. The summed E-state index contributed by atoms with van der Waals surface area (Å²) < 4.78 is 5.17. The number of primary amides is 2. The monoisotopic (exact) mass is 775 g/mol. The van der Waals surface area contributed by atoms with E-state index in [1.54, 1.807) is 24.8 Å². The third-order valence-electron chi connectivity index (χ3n) is 10.6. The van der Waals surface area contributed by atoms with Gasteiger partial charge in [0.15, 0.2) is 0 Å². The minimum atomic E-state index is -0.539. The number of aromatic nitrogens is 6. The Hall–Kier alpha value is -6.18. The van der Waals surface area contributed by atoms with Crippen LogP contribution in [0.1, 0.15) is 108 Å². The van der Waals surface area contributed by atoms with Crippen molar-refractivity contribution in [1.82, 2.24) is 29.0 Å². The third-order valence-corrected chi connectivity index (χ3v) is 10.6. The number of benzene rings is 1. The van der Waals surface area contributed by atoms with Gasteiger partial charge >= 0.3 is 0 Å². The Balaban J connectivity index is 0.000000215. The van der Waals surface area contributed by atoms with Gasteiger partial charge in [0.25, 0.3) is 11.8 Å². The molecular formula is C43H57N11O3. The summed E-state index contributed by atoms with van der Waals surface area (Å²) in [4.78, 5) is 38.5. The predicted octanol–water partition coefficient (Wildman–Crippen LogP) is 7.29. The van der Waals surface area contributed by atoms with Crippen molar-refractivity contribution in [3.05, 3.63) is 102 Å². The third kappa shape index (κ3) is 9.28. The molecule has 6 N–H and O–H groups in total. The fourth-order valence-corrected chi connectivity index (χ4v) is 6.23. The van der Waals surface area contributed by atoms with Crippen LogP contribution in [0.5, 0.6) is 0 Å². The second-order valence-electron chi connectivity index (χ2n) is 16.4. The Morgan fingerprint density at radius 2 is 1.25 bits per heavy atom. The molecule has 14 nitrogen and oxygen atoms in total. The van der Waals surface area contributed by atoms with Crippen molar-refractivity contribution in [2.75, 3.05) is 22.1 Å².